The molecule has 1 saturated heterocycles. The Labute approximate surface area is 143 Å². The van der Waals surface area contributed by atoms with Gasteiger partial charge in [0.05, 0.1) is 24.1 Å². The molecule has 0 saturated carbocycles. The normalized spacial score (nSPS) is 23.0. The van der Waals surface area contributed by atoms with Crippen LogP contribution in [0.3, 0.4) is 0 Å². The van der Waals surface area contributed by atoms with Crippen molar-refractivity contribution >= 4 is 20.7 Å². The molecule has 1 aromatic heterocycles. The van der Waals surface area contributed by atoms with E-state index in [9.17, 15) is 8.42 Å². The molecule has 0 bridgehead atoms. The Bertz CT molecular complexity index is 879. The summed E-state index contributed by atoms with van der Waals surface area (Å²) in [6.45, 7) is 4.66. The third-order valence-electron chi connectivity index (χ3n) is 5.02. The fraction of sp³-hybridized carbons (Fsp3) is 0.500. The maximum Gasteiger partial charge on any atom is 0.218 e. The third-order valence-corrected chi connectivity index (χ3v) is 6.91. The topological polar surface area (TPSA) is 59.5 Å². The predicted octanol–water partition coefficient (Wildman–Crippen LogP) is 2.56. The van der Waals surface area contributed by atoms with Gasteiger partial charge in [-0.2, -0.15) is 0 Å². The third kappa shape index (κ3) is 3.26. The molecule has 1 aliphatic heterocycles. The van der Waals surface area contributed by atoms with Crippen LogP contribution in [0.25, 0.3) is 10.9 Å². The summed E-state index contributed by atoms with van der Waals surface area (Å²) in [4.78, 5) is 6.73. The first-order valence-electron chi connectivity index (χ1n) is 8.08. The fourth-order valence-electron chi connectivity index (χ4n) is 3.33. The second kappa shape index (κ2) is 6.01. The van der Waals surface area contributed by atoms with Gasteiger partial charge in [-0.1, -0.05) is 12.1 Å². The Morgan fingerprint density at radius 3 is 2.71 bits per heavy atom. The minimum Gasteiger partial charge on any atom is -0.481 e. The summed E-state index contributed by atoms with van der Waals surface area (Å²) in [7, 11) is 0.657. The number of hydrogen-bond donors (Lipinski definition) is 0. The number of pyridine rings is 1. The van der Waals surface area contributed by atoms with Gasteiger partial charge in [0.2, 0.25) is 5.88 Å². The monoisotopic (exact) mass is 348 g/mol. The minimum absolute atomic E-state index is 0.207. The summed E-state index contributed by atoms with van der Waals surface area (Å²) in [6.07, 6.45) is 0.661. The zero-order valence-corrected chi connectivity index (χ0v) is 15.5. The Balaban J connectivity index is 1.93. The lowest BCUT2D eigenvalue weighted by Gasteiger charge is -2.34. The second-order valence-corrected chi connectivity index (χ2v) is 9.23. The van der Waals surface area contributed by atoms with Crippen LogP contribution < -0.4 is 4.74 Å². The summed E-state index contributed by atoms with van der Waals surface area (Å²) in [5.74, 6) is 1.07. The molecular formula is C18H24N2O3S. The van der Waals surface area contributed by atoms with Crippen LogP contribution in [-0.4, -0.2) is 49.5 Å². The Morgan fingerprint density at radius 2 is 2.08 bits per heavy atom. The summed E-state index contributed by atoms with van der Waals surface area (Å²) in [6, 6.07) is 8.25. The van der Waals surface area contributed by atoms with E-state index in [1.807, 2.05) is 27.0 Å². The number of fused-ring (bicyclic) bond motifs is 1. The largest absolute Gasteiger partial charge is 0.481 e. The fourth-order valence-corrected chi connectivity index (χ4v) is 5.54. The lowest BCUT2D eigenvalue weighted by molar-refractivity contribution is 0.152. The highest BCUT2D eigenvalue weighted by molar-refractivity contribution is 7.91. The van der Waals surface area contributed by atoms with Crippen LogP contribution in [-0.2, 0) is 16.4 Å². The van der Waals surface area contributed by atoms with Gasteiger partial charge in [-0.3, -0.25) is 4.90 Å². The highest BCUT2D eigenvalue weighted by Crippen LogP contribution is 2.31. The van der Waals surface area contributed by atoms with Gasteiger partial charge in [-0.25, -0.2) is 13.4 Å². The molecule has 1 atom stereocenters. The number of nitrogens with zero attached hydrogens (tertiary/aromatic N) is 2. The molecule has 2 heterocycles. The Kier molecular flexibility index (Phi) is 4.30. The molecule has 0 aliphatic carbocycles. The maximum atomic E-state index is 11.9. The van der Waals surface area contributed by atoms with Crippen LogP contribution in [0, 0.1) is 6.92 Å². The standard InChI is InChI=1S/C18H24N2O3S/c1-13-5-6-14-10-15(17(23-4)19-16(14)9-13)11-20(3)18(2)7-8-24(21,22)12-18/h5-6,9-10H,7-8,11-12H2,1-4H3. The van der Waals surface area contributed by atoms with Crippen LogP contribution in [0.5, 0.6) is 5.88 Å². The van der Waals surface area contributed by atoms with E-state index in [-0.39, 0.29) is 17.0 Å². The molecule has 0 radical (unpaired) electrons. The number of benzene rings is 1. The molecule has 24 heavy (non-hydrogen) atoms. The van der Waals surface area contributed by atoms with Crippen LogP contribution in [0.1, 0.15) is 24.5 Å². The molecular weight excluding hydrogens is 324 g/mol. The predicted molar refractivity (Wildman–Crippen MR) is 96.2 cm³/mol. The highest BCUT2D eigenvalue weighted by atomic mass is 32.2. The number of aromatic nitrogens is 1. The van der Waals surface area contributed by atoms with Gasteiger partial charge in [0.1, 0.15) is 0 Å². The van der Waals surface area contributed by atoms with E-state index in [0.717, 1.165) is 22.0 Å². The summed E-state index contributed by atoms with van der Waals surface area (Å²) in [5.41, 5.74) is 2.70. The van der Waals surface area contributed by atoms with Crippen molar-refractivity contribution in [3.63, 3.8) is 0 Å². The number of ether oxygens (including phenoxy) is 1. The minimum atomic E-state index is -2.93. The lowest BCUT2D eigenvalue weighted by atomic mass is 9.99. The average Bonchev–Trinajstić information content (AvgIpc) is 2.81. The SMILES string of the molecule is COc1nc2cc(C)ccc2cc1CN(C)C1(C)CCS(=O)(=O)C1. The van der Waals surface area contributed by atoms with Crippen LogP contribution in [0.4, 0.5) is 0 Å². The summed E-state index contributed by atoms with van der Waals surface area (Å²) in [5, 5.41) is 1.06. The summed E-state index contributed by atoms with van der Waals surface area (Å²) >= 11 is 0. The molecule has 1 aromatic carbocycles. The van der Waals surface area contributed by atoms with E-state index >= 15 is 0 Å². The number of aryl methyl sites for hydroxylation is 1. The van der Waals surface area contributed by atoms with Crippen molar-refractivity contribution < 1.29 is 13.2 Å². The molecule has 1 aliphatic rings. The van der Waals surface area contributed by atoms with Crippen LogP contribution in [0.2, 0.25) is 0 Å². The zero-order valence-electron chi connectivity index (χ0n) is 14.7. The molecule has 0 N–H and O–H groups in total. The number of methoxy groups -OCH3 is 1. The van der Waals surface area contributed by atoms with E-state index in [2.05, 4.69) is 28.1 Å². The van der Waals surface area contributed by atoms with Gasteiger partial charge >= 0.3 is 0 Å². The summed E-state index contributed by atoms with van der Waals surface area (Å²) < 4.78 is 29.2. The lowest BCUT2D eigenvalue weighted by Crippen LogP contribution is -2.44. The van der Waals surface area contributed by atoms with Gasteiger partial charge in [0.15, 0.2) is 9.84 Å². The van der Waals surface area contributed by atoms with Gasteiger partial charge in [-0.05, 0) is 45.0 Å². The maximum absolute atomic E-state index is 11.9. The van der Waals surface area contributed by atoms with E-state index in [4.69, 9.17) is 4.74 Å². The van der Waals surface area contributed by atoms with E-state index in [1.54, 1.807) is 7.11 Å². The molecule has 5 nitrogen and oxygen atoms in total. The first-order valence-corrected chi connectivity index (χ1v) is 9.90. The number of hydrogen-bond acceptors (Lipinski definition) is 5. The number of rotatable bonds is 4. The molecule has 1 unspecified atom stereocenters. The highest BCUT2D eigenvalue weighted by Gasteiger charge is 2.41. The molecule has 1 fully saturated rings. The van der Waals surface area contributed by atoms with E-state index < -0.39 is 9.84 Å². The van der Waals surface area contributed by atoms with Crippen LogP contribution >= 0.6 is 0 Å². The van der Waals surface area contributed by atoms with Gasteiger partial charge in [0, 0.05) is 23.0 Å². The van der Waals surface area contributed by atoms with E-state index in [0.29, 0.717) is 18.8 Å². The Hall–Kier alpha value is -1.66. The molecule has 3 rings (SSSR count). The molecule has 130 valence electrons. The molecule has 2 aromatic rings. The van der Waals surface area contributed by atoms with Crippen molar-refractivity contribution in [1.82, 2.24) is 9.88 Å². The first kappa shape index (κ1) is 17.2. The van der Waals surface area contributed by atoms with Gasteiger partial charge in [-0.15, -0.1) is 0 Å². The van der Waals surface area contributed by atoms with Crippen molar-refractivity contribution in [1.29, 1.82) is 0 Å². The van der Waals surface area contributed by atoms with Crippen molar-refractivity contribution in [2.75, 3.05) is 25.7 Å². The Morgan fingerprint density at radius 1 is 1.33 bits per heavy atom. The van der Waals surface area contributed by atoms with Crippen molar-refractivity contribution in [3.8, 4) is 5.88 Å². The zero-order chi connectivity index (χ0) is 17.5. The van der Waals surface area contributed by atoms with E-state index in [1.165, 1.54) is 0 Å². The van der Waals surface area contributed by atoms with Crippen molar-refractivity contribution in [3.05, 3.63) is 35.4 Å². The smallest absolute Gasteiger partial charge is 0.218 e. The first-order chi connectivity index (χ1) is 11.2. The molecule has 0 spiro atoms. The quantitative estimate of drug-likeness (QED) is 0.850. The van der Waals surface area contributed by atoms with Gasteiger partial charge in [0.25, 0.3) is 0 Å². The van der Waals surface area contributed by atoms with Gasteiger partial charge < -0.3 is 4.74 Å². The molecule has 6 heteroatoms. The van der Waals surface area contributed by atoms with Crippen LogP contribution in [0.15, 0.2) is 24.3 Å². The number of sulfone groups is 1. The second-order valence-electron chi connectivity index (χ2n) is 7.05. The average molecular weight is 348 g/mol. The van der Waals surface area contributed by atoms with Crippen molar-refractivity contribution in [2.24, 2.45) is 0 Å². The molecule has 0 amide bonds. The van der Waals surface area contributed by atoms with Crippen molar-refractivity contribution in [2.45, 2.75) is 32.4 Å².